The highest BCUT2D eigenvalue weighted by Gasteiger charge is 2.23. The summed E-state index contributed by atoms with van der Waals surface area (Å²) < 4.78 is 5.53. The van der Waals surface area contributed by atoms with Crippen LogP contribution >= 0.6 is 0 Å². The lowest BCUT2D eigenvalue weighted by Gasteiger charge is -2.36. The van der Waals surface area contributed by atoms with Crippen LogP contribution in [0.5, 0.6) is 0 Å². The highest BCUT2D eigenvalue weighted by molar-refractivity contribution is 5.76. The molecule has 0 aliphatic carbocycles. The fraction of sp³-hybridized carbons (Fsp3) is 0.900. The van der Waals surface area contributed by atoms with E-state index >= 15 is 0 Å². The molecule has 1 saturated heterocycles. The van der Waals surface area contributed by atoms with E-state index < -0.39 is 0 Å². The maximum absolute atomic E-state index is 9.03. The second-order valence-electron chi connectivity index (χ2n) is 4.14. The molecule has 0 amide bonds. The van der Waals surface area contributed by atoms with E-state index in [0.29, 0.717) is 6.42 Å². The lowest BCUT2D eigenvalue weighted by molar-refractivity contribution is -0.0950. The van der Waals surface area contributed by atoms with Gasteiger partial charge in [0.05, 0.1) is 24.7 Å². The molecule has 0 aromatic rings. The van der Waals surface area contributed by atoms with Gasteiger partial charge in [0, 0.05) is 19.5 Å². The number of nitrogens with two attached hydrogens (primary N) is 1. The monoisotopic (exact) mass is 215 g/mol. The Morgan fingerprint density at radius 2 is 2.33 bits per heavy atom. The summed E-state index contributed by atoms with van der Waals surface area (Å²) >= 11 is 0. The van der Waals surface area contributed by atoms with Crippen LogP contribution in [0, 0.1) is 5.41 Å². The highest BCUT2D eigenvalue weighted by atomic mass is 16.5. The van der Waals surface area contributed by atoms with Crippen molar-refractivity contribution in [2.75, 3.05) is 26.2 Å². The number of nitrogens with one attached hydrogen (secondary N) is 1. The molecule has 1 aliphatic heterocycles. The van der Waals surface area contributed by atoms with Crippen LogP contribution in [0.1, 0.15) is 19.8 Å². The number of aliphatic hydroxyl groups is 1. The Bertz CT molecular complexity index is 211. The zero-order chi connectivity index (χ0) is 11.3. The van der Waals surface area contributed by atoms with Crippen LogP contribution in [0.3, 0.4) is 0 Å². The Morgan fingerprint density at radius 3 is 2.93 bits per heavy atom. The number of hydrogen-bond acceptors (Lipinski definition) is 4. The molecule has 1 heterocycles. The van der Waals surface area contributed by atoms with Crippen molar-refractivity contribution < 1.29 is 9.84 Å². The summed E-state index contributed by atoms with van der Waals surface area (Å²) in [6, 6.07) is 0. The first-order valence-corrected chi connectivity index (χ1v) is 5.43. The minimum absolute atomic E-state index is 0.0638. The summed E-state index contributed by atoms with van der Waals surface area (Å²) in [7, 11) is 0. The summed E-state index contributed by atoms with van der Waals surface area (Å²) in [5.74, 6) is 0.245. The van der Waals surface area contributed by atoms with Crippen molar-refractivity contribution in [1.29, 1.82) is 5.41 Å². The summed E-state index contributed by atoms with van der Waals surface area (Å²) in [5.41, 5.74) is 5.29. The summed E-state index contributed by atoms with van der Waals surface area (Å²) in [6.45, 7) is 4.68. The summed E-state index contributed by atoms with van der Waals surface area (Å²) in [5, 5.41) is 16.2. The molecule has 4 N–H and O–H groups in total. The smallest absolute Gasteiger partial charge is 0.0936 e. The van der Waals surface area contributed by atoms with E-state index in [0.717, 1.165) is 26.1 Å². The van der Waals surface area contributed by atoms with E-state index in [1.54, 1.807) is 0 Å². The van der Waals surface area contributed by atoms with Gasteiger partial charge >= 0.3 is 0 Å². The van der Waals surface area contributed by atoms with Gasteiger partial charge in [-0.3, -0.25) is 10.3 Å². The molecule has 2 unspecified atom stereocenters. The Kier molecular flexibility index (Phi) is 5.01. The van der Waals surface area contributed by atoms with Crippen molar-refractivity contribution >= 4 is 5.84 Å². The molecule has 1 rings (SSSR count). The molecule has 2 atom stereocenters. The van der Waals surface area contributed by atoms with Gasteiger partial charge < -0.3 is 15.6 Å². The SMILES string of the molecule is CC1CN(CCCC(=N)N)CC(CO)O1. The van der Waals surface area contributed by atoms with E-state index in [-0.39, 0.29) is 24.7 Å². The minimum atomic E-state index is -0.0638. The fourth-order valence-electron chi connectivity index (χ4n) is 1.92. The predicted molar refractivity (Wildman–Crippen MR) is 59.0 cm³/mol. The van der Waals surface area contributed by atoms with Gasteiger partial charge in [-0.25, -0.2) is 0 Å². The number of amidine groups is 1. The van der Waals surface area contributed by atoms with Gasteiger partial charge in [0.2, 0.25) is 0 Å². The average Bonchev–Trinajstić information content (AvgIpc) is 2.16. The van der Waals surface area contributed by atoms with Gasteiger partial charge in [0.1, 0.15) is 0 Å². The molecule has 0 aromatic carbocycles. The van der Waals surface area contributed by atoms with Gasteiger partial charge in [0.25, 0.3) is 0 Å². The van der Waals surface area contributed by atoms with Crippen LogP contribution in [-0.4, -0.2) is 54.3 Å². The molecule has 5 nitrogen and oxygen atoms in total. The lowest BCUT2D eigenvalue weighted by atomic mass is 10.2. The van der Waals surface area contributed by atoms with E-state index in [1.807, 2.05) is 6.92 Å². The van der Waals surface area contributed by atoms with Gasteiger partial charge in [0.15, 0.2) is 0 Å². The average molecular weight is 215 g/mol. The minimum Gasteiger partial charge on any atom is -0.394 e. The Morgan fingerprint density at radius 1 is 1.60 bits per heavy atom. The van der Waals surface area contributed by atoms with Crippen molar-refractivity contribution in [2.45, 2.75) is 32.0 Å². The summed E-state index contributed by atoms with van der Waals surface area (Å²) in [6.07, 6.45) is 1.66. The standard InChI is InChI=1S/C10H21N3O2/c1-8-5-13(4-2-3-10(11)12)6-9(7-14)15-8/h8-9,14H,2-7H2,1H3,(H3,11,12). The first-order chi connectivity index (χ1) is 7.11. The third-order valence-corrected chi connectivity index (χ3v) is 2.53. The highest BCUT2D eigenvalue weighted by Crippen LogP contribution is 2.11. The van der Waals surface area contributed by atoms with E-state index in [9.17, 15) is 0 Å². The Labute approximate surface area is 90.7 Å². The number of morpholine rings is 1. The number of hydrogen-bond donors (Lipinski definition) is 3. The molecule has 15 heavy (non-hydrogen) atoms. The van der Waals surface area contributed by atoms with E-state index in [1.165, 1.54) is 0 Å². The number of rotatable bonds is 5. The van der Waals surface area contributed by atoms with E-state index in [2.05, 4.69) is 4.90 Å². The van der Waals surface area contributed by atoms with Crippen LogP contribution in [-0.2, 0) is 4.74 Å². The predicted octanol–water partition coefficient (Wildman–Crippen LogP) is -0.216. The van der Waals surface area contributed by atoms with Gasteiger partial charge in [-0.1, -0.05) is 0 Å². The largest absolute Gasteiger partial charge is 0.394 e. The molecule has 88 valence electrons. The molecule has 0 saturated carbocycles. The topological polar surface area (TPSA) is 82.6 Å². The molecule has 0 radical (unpaired) electrons. The van der Waals surface area contributed by atoms with Crippen LogP contribution in [0.2, 0.25) is 0 Å². The summed E-state index contributed by atoms with van der Waals surface area (Å²) in [4.78, 5) is 2.26. The maximum atomic E-state index is 9.03. The number of aliphatic hydroxyl groups excluding tert-OH is 1. The Balaban J connectivity index is 2.25. The molecular formula is C10H21N3O2. The zero-order valence-electron chi connectivity index (χ0n) is 9.28. The third-order valence-electron chi connectivity index (χ3n) is 2.53. The van der Waals surface area contributed by atoms with Crippen LogP contribution < -0.4 is 5.73 Å². The van der Waals surface area contributed by atoms with Gasteiger partial charge in [-0.15, -0.1) is 0 Å². The normalized spacial score (nSPS) is 27.9. The van der Waals surface area contributed by atoms with Crippen molar-refractivity contribution in [3.8, 4) is 0 Å². The third kappa shape index (κ3) is 4.59. The number of nitrogens with zero attached hydrogens (tertiary/aromatic N) is 1. The molecule has 5 heteroatoms. The van der Waals surface area contributed by atoms with Crippen molar-refractivity contribution in [3.63, 3.8) is 0 Å². The first-order valence-electron chi connectivity index (χ1n) is 5.43. The van der Waals surface area contributed by atoms with Crippen LogP contribution in [0.4, 0.5) is 0 Å². The van der Waals surface area contributed by atoms with Gasteiger partial charge in [-0.2, -0.15) is 0 Å². The maximum Gasteiger partial charge on any atom is 0.0936 e. The van der Waals surface area contributed by atoms with Crippen LogP contribution in [0.25, 0.3) is 0 Å². The van der Waals surface area contributed by atoms with Crippen molar-refractivity contribution in [1.82, 2.24) is 4.90 Å². The zero-order valence-corrected chi connectivity index (χ0v) is 9.28. The first kappa shape index (κ1) is 12.4. The second-order valence-corrected chi connectivity index (χ2v) is 4.14. The molecule has 1 fully saturated rings. The molecule has 0 aromatic heterocycles. The van der Waals surface area contributed by atoms with E-state index in [4.69, 9.17) is 21.0 Å². The molecule has 0 spiro atoms. The second kappa shape index (κ2) is 6.05. The number of ether oxygens (including phenoxy) is 1. The molecule has 0 bridgehead atoms. The lowest BCUT2D eigenvalue weighted by Crippen LogP contribution is -2.48. The van der Waals surface area contributed by atoms with Gasteiger partial charge in [-0.05, 0) is 19.9 Å². The molecule has 1 aliphatic rings. The fourth-order valence-corrected chi connectivity index (χ4v) is 1.92. The molecular weight excluding hydrogens is 194 g/mol. The Hall–Kier alpha value is -0.650. The quantitative estimate of drug-likeness (QED) is 0.437. The van der Waals surface area contributed by atoms with Crippen LogP contribution in [0.15, 0.2) is 0 Å². The van der Waals surface area contributed by atoms with Crippen molar-refractivity contribution in [3.05, 3.63) is 0 Å². The van der Waals surface area contributed by atoms with Crippen molar-refractivity contribution in [2.24, 2.45) is 5.73 Å².